The highest BCUT2D eigenvalue weighted by Gasteiger charge is 2.34. The molecule has 2 aliphatic carbocycles. The summed E-state index contributed by atoms with van der Waals surface area (Å²) in [6, 6.07) is 8.68. The fourth-order valence-electron chi connectivity index (χ4n) is 3.24. The summed E-state index contributed by atoms with van der Waals surface area (Å²) in [6.45, 7) is 0. The largest absolute Gasteiger partial charge is 0.300 e. The first-order valence-corrected chi connectivity index (χ1v) is 5.94. The Hall–Kier alpha value is -1.11. The number of aryl methyl sites for hydroxylation is 1. The fraction of sp³-hybridized carbons (Fsp3) is 0.500. The van der Waals surface area contributed by atoms with Gasteiger partial charge in [-0.3, -0.25) is 4.79 Å². The van der Waals surface area contributed by atoms with Crippen LogP contribution < -0.4 is 0 Å². The van der Waals surface area contributed by atoms with E-state index in [1.165, 1.54) is 24.0 Å². The third kappa shape index (κ3) is 1.50. The Morgan fingerprint density at radius 2 is 1.87 bits per heavy atom. The smallest absolute Gasteiger partial charge is 0.133 e. The molecule has 1 fully saturated rings. The van der Waals surface area contributed by atoms with E-state index in [1.54, 1.807) is 0 Å². The molecule has 1 saturated carbocycles. The lowest BCUT2D eigenvalue weighted by molar-refractivity contribution is -0.121. The van der Waals surface area contributed by atoms with Gasteiger partial charge in [-0.1, -0.05) is 24.3 Å². The Morgan fingerprint density at radius 3 is 2.80 bits per heavy atom. The van der Waals surface area contributed by atoms with E-state index in [0.29, 0.717) is 11.7 Å². The molecule has 3 rings (SSSR count). The molecular formula is C14H16O. The Bertz CT molecular complexity index is 394. The molecule has 2 aliphatic rings. The third-order valence-corrected chi connectivity index (χ3v) is 4.05. The number of ketones is 1. The van der Waals surface area contributed by atoms with Crippen LogP contribution in [-0.2, 0) is 11.2 Å². The number of hydrogen-bond donors (Lipinski definition) is 0. The van der Waals surface area contributed by atoms with Crippen LogP contribution in [-0.4, -0.2) is 5.78 Å². The van der Waals surface area contributed by atoms with E-state index in [4.69, 9.17) is 0 Å². The van der Waals surface area contributed by atoms with Crippen molar-refractivity contribution in [3.8, 4) is 0 Å². The van der Waals surface area contributed by atoms with Gasteiger partial charge in [0.05, 0.1) is 0 Å². The monoisotopic (exact) mass is 200 g/mol. The average Bonchev–Trinajstić information content (AvgIpc) is 2.29. The highest BCUT2D eigenvalue weighted by Crippen LogP contribution is 2.43. The molecule has 2 atom stereocenters. The predicted molar refractivity (Wildman–Crippen MR) is 59.9 cm³/mol. The molecule has 0 spiro atoms. The number of carbonyl (C=O) groups is 1. The molecule has 0 aromatic heterocycles. The number of hydrogen-bond acceptors (Lipinski definition) is 1. The van der Waals surface area contributed by atoms with Crippen molar-refractivity contribution < 1.29 is 4.79 Å². The van der Waals surface area contributed by atoms with Gasteiger partial charge in [-0.25, -0.2) is 0 Å². The van der Waals surface area contributed by atoms with Crippen molar-refractivity contribution in [3.05, 3.63) is 35.4 Å². The normalized spacial score (nSPS) is 29.5. The molecule has 0 aliphatic heterocycles. The summed E-state index contributed by atoms with van der Waals surface area (Å²) in [6.07, 6.45) is 5.24. The molecule has 0 saturated heterocycles. The van der Waals surface area contributed by atoms with Crippen LogP contribution in [0, 0.1) is 5.92 Å². The van der Waals surface area contributed by atoms with Gasteiger partial charge in [0, 0.05) is 12.8 Å². The van der Waals surface area contributed by atoms with Crippen LogP contribution in [0.3, 0.4) is 0 Å². The average molecular weight is 200 g/mol. The molecule has 0 unspecified atom stereocenters. The summed E-state index contributed by atoms with van der Waals surface area (Å²) in [5.74, 6) is 1.78. The molecule has 0 heterocycles. The Labute approximate surface area is 90.5 Å². The summed E-state index contributed by atoms with van der Waals surface area (Å²) >= 11 is 0. The van der Waals surface area contributed by atoms with Crippen molar-refractivity contribution in [1.29, 1.82) is 0 Å². The first kappa shape index (κ1) is 9.14. The van der Waals surface area contributed by atoms with Crippen LogP contribution in [0.4, 0.5) is 0 Å². The van der Waals surface area contributed by atoms with E-state index in [1.807, 2.05) is 0 Å². The van der Waals surface area contributed by atoms with Gasteiger partial charge in [0.25, 0.3) is 0 Å². The van der Waals surface area contributed by atoms with Crippen LogP contribution in [0.5, 0.6) is 0 Å². The van der Waals surface area contributed by atoms with Crippen LogP contribution >= 0.6 is 0 Å². The summed E-state index contributed by atoms with van der Waals surface area (Å²) in [5, 5.41) is 0. The number of Topliss-reactive ketones (excluding diaryl/α,β-unsaturated/α-hetero) is 1. The highest BCUT2D eigenvalue weighted by molar-refractivity contribution is 5.80. The molecule has 1 aromatic carbocycles. The first-order valence-electron chi connectivity index (χ1n) is 5.94. The molecule has 1 aromatic rings. The van der Waals surface area contributed by atoms with Crippen molar-refractivity contribution in [2.75, 3.05) is 0 Å². The maximum atomic E-state index is 11.5. The standard InChI is InChI=1S/C14H16O/c15-12-8-7-11-6-5-10-3-1-2-4-13(10)14(11)9-12/h1-4,11,14H,5-9H2/t11-,14+/m1/s1. The quantitative estimate of drug-likeness (QED) is 0.629. The summed E-state index contributed by atoms with van der Waals surface area (Å²) in [7, 11) is 0. The Balaban J connectivity index is 2.00. The van der Waals surface area contributed by atoms with Crippen molar-refractivity contribution in [2.45, 2.75) is 38.0 Å². The zero-order valence-electron chi connectivity index (χ0n) is 8.91. The predicted octanol–water partition coefficient (Wildman–Crippen LogP) is 3.09. The van der Waals surface area contributed by atoms with Crippen LogP contribution in [0.25, 0.3) is 0 Å². The van der Waals surface area contributed by atoms with E-state index in [-0.39, 0.29) is 0 Å². The second-order valence-electron chi connectivity index (χ2n) is 4.89. The van der Waals surface area contributed by atoms with Gasteiger partial charge in [0.1, 0.15) is 5.78 Å². The van der Waals surface area contributed by atoms with Gasteiger partial charge in [0.15, 0.2) is 0 Å². The summed E-state index contributed by atoms with van der Waals surface area (Å²) < 4.78 is 0. The molecule has 0 N–H and O–H groups in total. The molecule has 1 heteroatoms. The molecule has 1 nitrogen and oxygen atoms in total. The molecular weight excluding hydrogens is 184 g/mol. The number of fused-ring (bicyclic) bond motifs is 3. The summed E-state index contributed by atoms with van der Waals surface area (Å²) in [4.78, 5) is 11.5. The highest BCUT2D eigenvalue weighted by atomic mass is 16.1. The van der Waals surface area contributed by atoms with Gasteiger partial charge in [-0.05, 0) is 42.2 Å². The number of carbonyl (C=O) groups excluding carboxylic acids is 1. The van der Waals surface area contributed by atoms with Crippen LogP contribution in [0.1, 0.15) is 42.7 Å². The maximum Gasteiger partial charge on any atom is 0.133 e. The molecule has 0 radical (unpaired) electrons. The van der Waals surface area contributed by atoms with Gasteiger partial charge in [0.2, 0.25) is 0 Å². The van der Waals surface area contributed by atoms with Gasteiger partial charge >= 0.3 is 0 Å². The second kappa shape index (κ2) is 3.48. The SMILES string of the molecule is O=C1CC[C@H]2CCc3ccccc3[C@H]2C1. The Morgan fingerprint density at radius 1 is 1.07 bits per heavy atom. The van der Waals surface area contributed by atoms with E-state index in [2.05, 4.69) is 24.3 Å². The van der Waals surface area contributed by atoms with Crippen molar-refractivity contribution in [1.82, 2.24) is 0 Å². The lowest BCUT2D eigenvalue weighted by Gasteiger charge is -2.36. The van der Waals surface area contributed by atoms with Crippen molar-refractivity contribution >= 4 is 5.78 Å². The van der Waals surface area contributed by atoms with E-state index in [0.717, 1.165) is 25.2 Å². The van der Waals surface area contributed by atoms with Gasteiger partial charge < -0.3 is 0 Å². The lowest BCUT2D eigenvalue weighted by Crippen LogP contribution is -2.27. The van der Waals surface area contributed by atoms with Gasteiger partial charge in [-0.15, -0.1) is 0 Å². The molecule has 0 bridgehead atoms. The van der Waals surface area contributed by atoms with Crippen molar-refractivity contribution in [2.24, 2.45) is 5.92 Å². The van der Waals surface area contributed by atoms with Crippen molar-refractivity contribution in [3.63, 3.8) is 0 Å². The van der Waals surface area contributed by atoms with E-state index in [9.17, 15) is 4.79 Å². The zero-order chi connectivity index (χ0) is 10.3. The maximum absolute atomic E-state index is 11.5. The second-order valence-corrected chi connectivity index (χ2v) is 4.89. The minimum Gasteiger partial charge on any atom is -0.300 e. The minimum absolute atomic E-state index is 0.466. The number of benzene rings is 1. The van der Waals surface area contributed by atoms with Crippen LogP contribution in [0.2, 0.25) is 0 Å². The van der Waals surface area contributed by atoms with E-state index >= 15 is 0 Å². The molecule has 0 amide bonds. The summed E-state index contributed by atoms with van der Waals surface area (Å²) in [5.41, 5.74) is 2.94. The third-order valence-electron chi connectivity index (χ3n) is 4.05. The zero-order valence-corrected chi connectivity index (χ0v) is 8.91. The lowest BCUT2D eigenvalue weighted by atomic mass is 9.68. The van der Waals surface area contributed by atoms with Crippen LogP contribution in [0.15, 0.2) is 24.3 Å². The minimum atomic E-state index is 0.466. The Kier molecular flexibility index (Phi) is 2.12. The molecule has 15 heavy (non-hydrogen) atoms. The van der Waals surface area contributed by atoms with E-state index < -0.39 is 0 Å². The first-order chi connectivity index (χ1) is 7.34. The topological polar surface area (TPSA) is 17.1 Å². The number of rotatable bonds is 0. The van der Waals surface area contributed by atoms with Gasteiger partial charge in [-0.2, -0.15) is 0 Å². The molecule has 78 valence electrons. The fourth-order valence-corrected chi connectivity index (χ4v) is 3.24.